The normalized spacial score (nSPS) is 12.3. The molecule has 4 N–H and O–H groups in total. The summed E-state index contributed by atoms with van der Waals surface area (Å²) in [5.41, 5.74) is 2.49. The second-order valence-electron chi connectivity index (χ2n) is 9.27. The summed E-state index contributed by atoms with van der Waals surface area (Å²) in [6.07, 6.45) is 0.333. The number of carbonyl (C=O) groups is 1. The van der Waals surface area contributed by atoms with Crippen LogP contribution in [-0.4, -0.2) is 50.0 Å². The van der Waals surface area contributed by atoms with E-state index in [1.807, 2.05) is 26.0 Å². The molecule has 0 saturated heterocycles. The third-order valence-electron chi connectivity index (χ3n) is 5.85. The minimum absolute atomic E-state index is 0.0523. The molecule has 2 heterocycles. The second-order valence-corrected chi connectivity index (χ2v) is 10.5. The molecule has 0 fully saturated rings. The number of aliphatic hydroxyl groups is 1. The summed E-state index contributed by atoms with van der Waals surface area (Å²) >= 11 is 19.0. The van der Waals surface area contributed by atoms with Crippen molar-refractivity contribution in [2.45, 2.75) is 39.2 Å². The molecule has 200 valence electrons. The largest absolute Gasteiger partial charge is 0.395 e. The Morgan fingerprint density at radius 3 is 2.37 bits per heavy atom. The van der Waals surface area contributed by atoms with E-state index in [4.69, 9.17) is 44.9 Å². The molecule has 1 amide bonds. The van der Waals surface area contributed by atoms with Crippen molar-refractivity contribution >= 4 is 57.4 Å². The van der Waals surface area contributed by atoms with Gasteiger partial charge >= 0.3 is 0 Å². The number of aromatic nitrogens is 4. The SMILES string of the molecule is CC(CO)NCC(=O)Nc1ccc(Cc2nc3c(c(C(C)C)nn3-c3c(Cl)cc(Cl)cc3Cl)c(=O)[nH]2)cc1. The van der Waals surface area contributed by atoms with Gasteiger partial charge in [-0.2, -0.15) is 5.10 Å². The Labute approximate surface area is 234 Å². The molecule has 1 unspecified atom stereocenters. The number of fused-ring (bicyclic) bond motifs is 1. The summed E-state index contributed by atoms with van der Waals surface area (Å²) in [5, 5.41) is 20.7. The fraction of sp³-hybridized carbons (Fsp3) is 0.308. The van der Waals surface area contributed by atoms with Crippen molar-refractivity contribution in [3.05, 3.63) is 78.9 Å². The van der Waals surface area contributed by atoms with Crippen molar-refractivity contribution in [3.8, 4) is 5.69 Å². The van der Waals surface area contributed by atoms with E-state index in [0.29, 0.717) is 45.4 Å². The number of amides is 1. The van der Waals surface area contributed by atoms with Gasteiger partial charge in [0.05, 0.1) is 28.9 Å². The number of hydrogen-bond donors (Lipinski definition) is 4. The quantitative estimate of drug-likeness (QED) is 0.229. The Bertz CT molecular complexity index is 1510. The van der Waals surface area contributed by atoms with E-state index in [-0.39, 0.29) is 46.6 Å². The second kappa shape index (κ2) is 11.8. The van der Waals surface area contributed by atoms with Crippen molar-refractivity contribution in [2.75, 3.05) is 18.5 Å². The van der Waals surface area contributed by atoms with Gasteiger partial charge in [0.2, 0.25) is 5.91 Å². The minimum Gasteiger partial charge on any atom is -0.395 e. The minimum atomic E-state index is -0.311. The molecule has 1 atom stereocenters. The summed E-state index contributed by atoms with van der Waals surface area (Å²) in [6, 6.07) is 10.2. The summed E-state index contributed by atoms with van der Waals surface area (Å²) in [7, 11) is 0. The first kappa shape index (κ1) is 28.1. The smallest absolute Gasteiger partial charge is 0.262 e. The van der Waals surface area contributed by atoms with Gasteiger partial charge in [-0.15, -0.1) is 0 Å². The van der Waals surface area contributed by atoms with E-state index < -0.39 is 0 Å². The van der Waals surface area contributed by atoms with Crippen LogP contribution in [0, 0.1) is 0 Å². The van der Waals surface area contributed by atoms with E-state index >= 15 is 0 Å². The molecule has 0 spiro atoms. The Balaban J connectivity index is 1.64. The number of halogens is 3. The number of nitrogens with one attached hydrogen (secondary N) is 3. The van der Waals surface area contributed by atoms with Gasteiger partial charge < -0.3 is 20.7 Å². The van der Waals surface area contributed by atoms with Crippen molar-refractivity contribution < 1.29 is 9.90 Å². The van der Waals surface area contributed by atoms with E-state index in [9.17, 15) is 9.59 Å². The number of aromatic amines is 1. The van der Waals surface area contributed by atoms with Crippen LogP contribution in [0.5, 0.6) is 0 Å². The van der Waals surface area contributed by atoms with Crippen LogP contribution in [0.1, 0.15) is 43.8 Å². The van der Waals surface area contributed by atoms with Gasteiger partial charge in [-0.25, -0.2) is 9.67 Å². The van der Waals surface area contributed by atoms with Crippen LogP contribution in [0.15, 0.2) is 41.2 Å². The molecule has 0 bridgehead atoms. The molecule has 0 aliphatic rings. The zero-order chi connectivity index (χ0) is 27.6. The molecular weight excluding hydrogens is 551 g/mol. The molecule has 2 aromatic heterocycles. The van der Waals surface area contributed by atoms with Crippen molar-refractivity contribution in [3.63, 3.8) is 0 Å². The molecule has 38 heavy (non-hydrogen) atoms. The van der Waals surface area contributed by atoms with Gasteiger partial charge in [-0.05, 0) is 42.7 Å². The third-order valence-corrected chi connectivity index (χ3v) is 6.64. The molecule has 0 aliphatic heterocycles. The molecule has 2 aromatic carbocycles. The number of carbonyl (C=O) groups excluding carboxylic acids is 1. The van der Waals surface area contributed by atoms with Crippen LogP contribution in [0.25, 0.3) is 16.7 Å². The predicted octanol–water partition coefficient (Wildman–Crippen LogP) is 4.69. The third kappa shape index (κ3) is 6.19. The topological polar surface area (TPSA) is 125 Å². The van der Waals surface area contributed by atoms with Crippen molar-refractivity contribution in [1.29, 1.82) is 0 Å². The summed E-state index contributed by atoms with van der Waals surface area (Å²) in [4.78, 5) is 32.9. The maximum atomic E-state index is 13.2. The zero-order valence-corrected chi connectivity index (χ0v) is 23.2. The van der Waals surface area contributed by atoms with Crippen molar-refractivity contribution in [2.24, 2.45) is 0 Å². The van der Waals surface area contributed by atoms with Crippen LogP contribution in [0.2, 0.25) is 15.1 Å². The Kier molecular flexibility index (Phi) is 8.74. The first-order valence-corrected chi connectivity index (χ1v) is 13.1. The van der Waals surface area contributed by atoms with E-state index in [1.165, 1.54) is 4.68 Å². The predicted molar refractivity (Wildman–Crippen MR) is 151 cm³/mol. The van der Waals surface area contributed by atoms with Gasteiger partial charge in [0.25, 0.3) is 5.56 Å². The van der Waals surface area contributed by atoms with Crippen LogP contribution in [0.3, 0.4) is 0 Å². The maximum Gasteiger partial charge on any atom is 0.262 e. The first-order valence-electron chi connectivity index (χ1n) is 12.0. The van der Waals surface area contributed by atoms with Gasteiger partial charge in [-0.3, -0.25) is 9.59 Å². The first-order chi connectivity index (χ1) is 18.1. The molecule has 0 aliphatic carbocycles. The van der Waals surface area contributed by atoms with Crippen LogP contribution < -0.4 is 16.2 Å². The standard InChI is InChI=1S/C26H27Cl3N6O3/c1-13(2)23-22-25(35(34-23)24-18(28)9-16(27)10-19(24)29)32-20(33-26(22)38)8-15-4-6-17(7-5-15)31-21(37)11-30-14(3)12-36/h4-7,9-10,13-14,30,36H,8,11-12H2,1-3H3,(H,31,37)(H,32,33,38). The Morgan fingerprint density at radius 2 is 1.76 bits per heavy atom. The van der Waals surface area contributed by atoms with Crippen LogP contribution >= 0.6 is 34.8 Å². The highest BCUT2D eigenvalue weighted by atomic mass is 35.5. The fourth-order valence-corrected chi connectivity index (χ4v) is 4.89. The van der Waals surface area contributed by atoms with Gasteiger partial charge in [0.15, 0.2) is 5.65 Å². The summed E-state index contributed by atoms with van der Waals surface area (Å²) < 4.78 is 1.49. The number of H-pyrrole nitrogens is 1. The number of rotatable bonds is 9. The van der Waals surface area contributed by atoms with Crippen LogP contribution in [-0.2, 0) is 11.2 Å². The number of aliphatic hydroxyl groups excluding tert-OH is 1. The van der Waals surface area contributed by atoms with Crippen LogP contribution in [0.4, 0.5) is 5.69 Å². The molecule has 4 rings (SSSR count). The average molecular weight is 578 g/mol. The Morgan fingerprint density at radius 1 is 1.11 bits per heavy atom. The average Bonchev–Trinajstić information content (AvgIpc) is 3.23. The zero-order valence-electron chi connectivity index (χ0n) is 21.0. The van der Waals surface area contributed by atoms with E-state index in [0.717, 1.165) is 5.56 Å². The highest BCUT2D eigenvalue weighted by Crippen LogP contribution is 2.34. The lowest BCUT2D eigenvalue weighted by molar-refractivity contribution is -0.115. The molecular formula is C26H27Cl3N6O3. The molecule has 4 aromatic rings. The molecule has 12 heteroatoms. The van der Waals surface area contributed by atoms with Gasteiger partial charge in [-0.1, -0.05) is 60.8 Å². The number of anilines is 1. The van der Waals surface area contributed by atoms with E-state index in [2.05, 4.69) is 20.7 Å². The molecule has 0 radical (unpaired) electrons. The lowest BCUT2D eigenvalue weighted by atomic mass is 10.1. The Hall–Kier alpha value is -2.95. The van der Waals surface area contributed by atoms with Crippen molar-refractivity contribution in [1.82, 2.24) is 25.1 Å². The molecule has 9 nitrogen and oxygen atoms in total. The van der Waals surface area contributed by atoms with Gasteiger partial charge in [0, 0.05) is 23.2 Å². The van der Waals surface area contributed by atoms with E-state index in [1.54, 1.807) is 31.2 Å². The lowest BCUT2D eigenvalue weighted by Gasteiger charge is -2.11. The summed E-state index contributed by atoms with van der Waals surface area (Å²) in [5.74, 6) is 0.157. The highest BCUT2D eigenvalue weighted by molar-refractivity contribution is 6.40. The number of hydrogen-bond acceptors (Lipinski definition) is 6. The number of nitrogens with zero attached hydrogens (tertiary/aromatic N) is 3. The fourth-order valence-electron chi connectivity index (χ4n) is 3.91. The maximum absolute atomic E-state index is 13.2. The van der Waals surface area contributed by atoms with Gasteiger partial charge in [0.1, 0.15) is 16.9 Å². The lowest BCUT2D eigenvalue weighted by Crippen LogP contribution is -2.36. The highest BCUT2D eigenvalue weighted by Gasteiger charge is 2.23. The number of benzene rings is 2. The monoisotopic (exact) mass is 576 g/mol. The summed E-state index contributed by atoms with van der Waals surface area (Å²) in [6.45, 7) is 5.70. The molecule has 0 saturated carbocycles.